The number of alkyl halides is 6. The summed E-state index contributed by atoms with van der Waals surface area (Å²) in [4.78, 5) is 23.4. The Morgan fingerprint density at radius 2 is 1.53 bits per heavy atom. The second kappa shape index (κ2) is 14.6. The molecular weight excluding hydrogens is 628 g/mol. The Labute approximate surface area is 267 Å². The van der Waals surface area contributed by atoms with E-state index in [1.165, 1.54) is 0 Å². The van der Waals surface area contributed by atoms with Gasteiger partial charge in [0, 0.05) is 45.3 Å². The number of carboxylic acids is 1. The second-order valence-electron chi connectivity index (χ2n) is 11.5. The summed E-state index contributed by atoms with van der Waals surface area (Å²) in [6.45, 7) is 2.79. The molecule has 4 aromatic rings. The fraction of sp³-hybridized carbons (Fsp3) is 0.424. The number of halogens is 6. The summed E-state index contributed by atoms with van der Waals surface area (Å²) in [6.07, 6.45) is -1.68. The first-order valence-corrected chi connectivity index (χ1v) is 15.3. The van der Waals surface area contributed by atoms with E-state index >= 15 is 0 Å². The lowest BCUT2D eigenvalue weighted by Crippen LogP contribution is -2.36. The number of carboxylic acid groups (broad SMARTS) is 1. The molecule has 2 aromatic carbocycles. The minimum absolute atomic E-state index is 0.106. The summed E-state index contributed by atoms with van der Waals surface area (Å²) in [5.74, 6) is -0.670. The van der Waals surface area contributed by atoms with E-state index in [9.17, 15) is 31.1 Å². The van der Waals surface area contributed by atoms with Crippen LogP contribution in [-0.2, 0) is 41.5 Å². The van der Waals surface area contributed by atoms with Gasteiger partial charge in [-0.3, -0.25) is 4.79 Å². The van der Waals surface area contributed by atoms with Crippen LogP contribution in [0.4, 0.5) is 38.0 Å². The Hall–Kier alpha value is -4.33. The molecule has 1 saturated heterocycles. The van der Waals surface area contributed by atoms with Gasteiger partial charge >= 0.3 is 18.3 Å². The highest BCUT2D eigenvalue weighted by atomic mass is 19.4. The number of carbonyl (C=O) groups is 1. The highest BCUT2D eigenvalue weighted by molar-refractivity contribution is 5.83. The summed E-state index contributed by atoms with van der Waals surface area (Å²) in [5, 5.41) is 9.79. The molecule has 0 aliphatic carbocycles. The fourth-order valence-electron chi connectivity index (χ4n) is 5.76. The molecule has 14 heteroatoms. The predicted molar refractivity (Wildman–Crippen MR) is 164 cm³/mol. The predicted octanol–water partition coefficient (Wildman–Crippen LogP) is 7.55. The Morgan fingerprint density at radius 1 is 0.872 bits per heavy atom. The van der Waals surface area contributed by atoms with Gasteiger partial charge in [-0.25, -0.2) is 9.97 Å². The number of aromatic nitrogens is 3. The molecule has 252 valence electrons. The second-order valence-corrected chi connectivity index (χ2v) is 11.5. The van der Waals surface area contributed by atoms with E-state index in [0.717, 1.165) is 53.5 Å². The van der Waals surface area contributed by atoms with Crippen LogP contribution in [-0.4, -0.2) is 51.9 Å². The van der Waals surface area contributed by atoms with Crippen LogP contribution in [0.15, 0.2) is 61.1 Å². The van der Waals surface area contributed by atoms with Gasteiger partial charge in [-0.1, -0.05) is 31.0 Å². The van der Waals surface area contributed by atoms with Crippen LogP contribution in [0.5, 0.6) is 0 Å². The molecule has 0 unspecified atom stereocenters. The Bertz CT molecular complexity index is 1620. The number of rotatable bonds is 13. The molecule has 1 aliphatic rings. The van der Waals surface area contributed by atoms with Crippen molar-refractivity contribution in [2.45, 2.75) is 64.1 Å². The number of unbranched alkanes of at least 4 members (excludes halogenated alkanes) is 3. The van der Waals surface area contributed by atoms with Gasteiger partial charge in [-0.2, -0.15) is 26.3 Å². The molecule has 8 nitrogen and oxygen atoms in total. The van der Waals surface area contributed by atoms with Crippen LogP contribution >= 0.6 is 0 Å². The number of hydrogen-bond donors (Lipinski definition) is 1. The summed E-state index contributed by atoms with van der Waals surface area (Å²) < 4.78 is 89.7. The Kier molecular flexibility index (Phi) is 10.6. The van der Waals surface area contributed by atoms with Gasteiger partial charge < -0.3 is 24.2 Å². The molecule has 5 rings (SSSR count). The van der Waals surface area contributed by atoms with E-state index in [2.05, 4.69) is 14.5 Å². The number of fused-ring (bicyclic) bond motifs is 1. The first-order valence-electron chi connectivity index (χ1n) is 15.3. The zero-order valence-electron chi connectivity index (χ0n) is 25.5. The van der Waals surface area contributed by atoms with Gasteiger partial charge in [-0.05, 0) is 53.6 Å². The number of anilines is 2. The number of para-hydroxylation sites is 1. The fourth-order valence-corrected chi connectivity index (χ4v) is 5.76. The van der Waals surface area contributed by atoms with Crippen LogP contribution in [0.25, 0.3) is 10.9 Å². The Morgan fingerprint density at radius 3 is 2.17 bits per heavy atom. The monoisotopic (exact) mass is 663 g/mol. The SMILES string of the molecule is O=C(O)CCCCCCn1ccc2cccc(CN(Cc3cc(C(F)(F)F)cc(C(F)(F)F)c3)c3ncc(N4CCOCC4)cn3)c21. The average molecular weight is 664 g/mol. The zero-order chi connectivity index (χ0) is 33.6. The number of morpholine rings is 1. The lowest BCUT2D eigenvalue weighted by atomic mass is 10.0. The molecule has 1 fully saturated rings. The molecule has 3 heterocycles. The summed E-state index contributed by atoms with van der Waals surface area (Å²) in [7, 11) is 0. The maximum atomic E-state index is 13.7. The summed E-state index contributed by atoms with van der Waals surface area (Å²) in [5.41, 5.74) is -0.544. The minimum atomic E-state index is -4.98. The lowest BCUT2D eigenvalue weighted by molar-refractivity contribution is -0.143. The van der Waals surface area contributed by atoms with Crippen molar-refractivity contribution in [3.63, 3.8) is 0 Å². The molecule has 0 spiro atoms. The minimum Gasteiger partial charge on any atom is -0.481 e. The molecule has 0 radical (unpaired) electrons. The number of aryl methyl sites for hydroxylation is 1. The summed E-state index contributed by atoms with van der Waals surface area (Å²) >= 11 is 0. The summed E-state index contributed by atoms with van der Waals surface area (Å²) in [6, 6.07) is 9.19. The van der Waals surface area contributed by atoms with E-state index in [1.807, 2.05) is 35.4 Å². The van der Waals surface area contributed by atoms with Gasteiger partial charge in [0.05, 0.1) is 47.9 Å². The lowest BCUT2D eigenvalue weighted by Gasteiger charge is -2.29. The molecule has 47 heavy (non-hydrogen) atoms. The van der Waals surface area contributed by atoms with E-state index in [0.29, 0.717) is 39.3 Å². The molecule has 0 atom stereocenters. The standard InChI is InChI=1S/C33H35F6N5O3/c34-32(35,36)26-16-23(17-27(18-26)33(37,38)39)21-44(31-40-19-28(20-41-31)42-12-14-47-15-13-42)22-25-7-5-6-24-9-11-43(30(24)25)10-4-2-1-3-8-29(45)46/h5-7,9,11,16-20H,1-4,8,10,12-15,21-22H2,(H,45,46). The largest absolute Gasteiger partial charge is 0.481 e. The van der Waals surface area contributed by atoms with Crippen molar-refractivity contribution in [2.24, 2.45) is 0 Å². The number of aliphatic carboxylic acids is 1. The molecular formula is C33H35F6N5O3. The number of ether oxygens (including phenoxy) is 1. The topological polar surface area (TPSA) is 83.7 Å². The average Bonchev–Trinajstić information content (AvgIpc) is 3.46. The van der Waals surface area contributed by atoms with Gasteiger partial charge in [-0.15, -0.1) is 0 Å². The van der Waals surface area contributed by atoms with Crippen molar-refractivity contribution in [1.82, 2.24) is 14.5 Å². The molecule has 1 aliphatic heterocycles. The van der Waals surface area contributed by atoms with Gasteiger partial charge in [0.15, 0.2) is 0 Å². The van der Waals surface area contributed by atoms with Gasteiger partial charge in [0.2, 0.25) is 5.95 Å². The molecule has 2 aromatic heterocycles. The maximum absolute atomic E-state index is 13.7. The first kappa shape index (κ1) is 34.0. The Balaban J connectivity index is 1.46. The maximum Gasteiger partial charge on any atom is 0.416 e. The molecule has 1 N–H and O–H groups in total. The highest BCUT2D eigenvalue weighted by Gasteiger charge is 2.37. The third-order valence-electron chi connectivity index (χ3n) is 8.08. The van der Waals surface area contributed by atoms with Crippen LogP contribution in [0.1, 0.15) is 54.4 Å². The van der Waals surface area contributed by atoms with Gasteiger partial charge in [0.25, 0.3) is 0 Å². The van der Waals surface area contributed by atoms with Crippen LogP contribution in [0, 0.1) is 0 Å². The number of benzene rings is 2. The van der Waals surface area contributed by atoms with Crippen LogP contribution in [0.3, 0.4) is 0 Å². The van der Waals surface area contributed by atoms with E-state index in [-0.39, 0.29) is 37.1 Å². The van der Waals surface area contributed by atoms with Crippen LogP contribution in [0.2, 0.25) is 0 Å². The molecule has 0 amide bonds. The molecule has 0 bridgehead atoms. The zero-order valence-corrected chi connectivity index (χ0v) is 25.5. The van der Waals surface area contributed by atoms with E-state index < -0.39 is 29.4 Å². The highest BCUT2D eigenvalue weighted by Crippen LogP contribution is 2.37. The number of hydrogen-bond acceptors (Lipinski definition) is 6. The third kappa shape index (κ3) is 8.93. The van der Waals surface area contributed by atoms with Crippen molar-refractivity contribution in [2.75, 3.05) is 36.1 Å². The molecule has 0 saturated carbocycles. The normalized spacial score (nSPS) is 14.1. The van der Waals surface area contributed by atoms with Gasteiger partial charge in [0.1, 0.15) is 0 Å². The van der Waals surface area contributed by atoms with Crippen molar-refractivity contribution < 1.29 is 41.0 Å². The third-order valence-corrected chi connectivity index (χ3v) is 8.08. The van der Waals surface area contributed by atoms with E-state index in [4.69, 9.17) is 9.84 Å². The number of nitrogens with zero attached hydrogens (tertiary/aromatic N) is 5. The van der Waals surface area contributed by atoms with Crippen molar-refractivity contribution >= 4 is 28.5 Å². The van der Waals surface area contributed by atoms with Crippen LogP contribution < -0.4 is 9.80 Å². The van der Waals surface area contributed by atoms with Crippen molar-refractivity contribution in [3.8, 4) is 0 Å². The van der Waals surface area contributed by atoms with Crippen molar-refractivity contribution in [3.05, 3.63) is 83.3 Å². The smallest absolute Gasteiger partial charge is 0.416 e. The van der Waals surface area contributed by atoms with Crippen molar-refractivity contribution in [1.29, 1.82) is 0 Å². The van der Waals surface area contributed by atoms with E-state index in [1.54, 1.807) is 17.3 Å². The first-order chi connectivity index (χ1) is 22.4. The quantitative estimate of drug-likeness (QED) is 0.117.